The van der Waals surface area contributed by atoms with Gasteiger partial charge >= 0.3 is 0 Å². The lowest BCUT2D eigenvalue weighted by atomic mass is 10.1. The summed E-state index contributed by atoms with van der Waals surface area (Å²) in [7, 11) is 0. The van der Waals surface area contributed by atoms with Crippen LogP contribution in [0.3, 0.4) is 0 Å². The fourth-order valence-electron chi connectivity index (χ4n) is 3.35. The van der Waals surface area contributed by atoms with E-state index >= 15 is 0 Å². The number of nitrogens with zero attached hydrogens (tertiary/aromatic N) is 4. The van der Waals surface area contributed by atoms with E-state index in [4.69, 9.17) is 5.10 Å². The van der Waals surface area contributed by atoms with Gasteiger partial charge < -0.3 is 0 Å². The van der Waals surface area contributed by atoms with Gasteiger partial charge in [0.1, 0.15) is 5.69 Å². The Morgan fingerprint density at radius 2 is 1.59 bits per heavy atom. The second-order valence-corrected chi connectivity index (χ2v) is 8.21. The molecule has 0 spiro atoms. The maximum absolute atomic E-state index is 4.83. The number of hydrogen-bond donors (Lipinski definition) is 1. The molecule has 0 saturated heterocycles. The first-order valence-electron chi connectivity index (χ1n) is 10.3. The first kappa shape index (κ1) is 19.9. The highest BCUT2D eigenvalue weighted by atomic mass is 32.1. The molecule has 5 rings (SSSR count). The highest BCUT2D eigenvalue weighted by Gasteiger charge is 2.11. The van der Waals surface area contributed by atoms with Crippen LogP contribution in [-0.4, -0.2) is 21.0 Å². The minimum Gasteiger partial charge on any atom is -0.253 e. The van der Waals surface area contributed by atoms with E-state index in [0.717, 1.165) is 38.9 Å². The molecule has 5 aromatic rings. The number of para-hydroxylation sites is 1. The van der Waals surface area contributed by atoms with Crippen LogP contribution < -0.4 is 5.43 Å². The van der Waals surface area contributed by atoms with E-state index in [0.29, 0.717) is 0 Å². The smallest absolute Gasteiger partial charge is 0.203 e. The molecule has 0 aliphatic rings. The van der Waals surface area contributed by atoms with Gasteiger partial charge in [0.2, 0.25) is 5.13 Å². The monoisotopic (exact) mass is 435 g/mol. The fraction of sp³-hybridized carbons (Fsp3) is 0.0385. The Morgan fingerprint density at radius 3 is 2.34 bits per heavy atom. The second kappa shape index (κ2) is 8.99. The van der Waals surface area contributed by atoms with Gasteiger partial charge in [-0.1, -0.05) is 78.4 Å². The zero-order valence-corrected chi connectivity index (χ0v) is 18.3. The number of hydrazone groups is 1. The number of aryl methyl sites for hydroxylation is 1. The first-order chi connectivity index (χ1) is 15.8. The van der Waals surface area contributed by atoms with Crippen LogP contribution in [0.15, 0.2) is 102 Å². The molecule has 0 aliphatic carbocycles. The highest BCUT2D eigenvalue weighted by Crippen LogP contribution is 2.25. The molecule has 2 heterocycles. The maximum Gasteiger partial charge on any atom is 0.203 e. The summed E-state index contributed by atoms with van der Waals surface area (Å²) in [5, 5.41) is 12.1. The van der Waals surface area contributed by atoms with Crippen molar-refractivity contribution in [2.24, 2.45) is 5.10 Å². The van der Waals surface area contributed by atoms with E-state index in [1.165, 1.54) is 16.9 Å². The van der Waals surface area contributed by atoms with Crippen molar-refractivity contribution in [3.8, 4) is 28.2 Å². The van der Waals surface area contributed by atoms with Crippen molar-refractivity contribution < 1.29 is 0 Å². The van der Waals surface area contributed by atoms with Crippen molar-refractivity contribution in [3.05, 3.63) is 108 Å². The molecule has 6 heteroatoms. The molecule has 0 amide bonds. The standard InChI is InChI=1S/C26H21N5S/c1-19-12-14-21(15-13-19)25-22(17-31(30-25)23-10-6-3-7-11-23)16-27-29-26-28-24(18-32-26)20-8-4-2-5-9-20/h2-18H,1H3,(H,28,29)/b27-16+. The summed E-state index contributed by atoms with van der Waals surface area (Å²) in [4.78, 5) is 4.63. The van der Waals surface area contributed by atoms with Crippen molar-refractivity contribution in [1.82, 2.24) is 14.8 Å². The molecule has 32 heavy (non-hydrogen) atoms. The predicted octanol–water partition coefficient (Wildman–Crippen LogP) is 6.42. The molecule has 0 saturated carbocycles. The number of anilines is 1. The van der Waals surface area contributed by atoms with Crippen molar-refractivity contribution in [2.75, 3.05) is 5.43 Å². The lowest BCUT2D eigenvalue weighted by molar-refractivity contribution is 0.884. The van der Waals surface area contributed by atoms with Crippen molar-refractivity contribution in [3.63, 3.8) is 0 Å². The van der Waals surface area contributed by atoms with Crippen LogP contribution >= 0.6 is 11.3 Å². The Bertz CT molecular complexity index is 1340. The van der Waals surface area contributed by atoms with Crippen LogP contribution in [0.2, 0.25) is 0 Å². The van der Waals surface area contributed by atoms with E-state index in [1.807, 2.05) is 76.9 Å². The van der Waals surface area contributed by atoms with Crippen LogP contribution in [0.25, 0.3) is 28.2 Å². The number of thiazole rings is 1. The van der Waals surface area contributed by atoms with Crippen molar-refractivity contribution in [1.29, 1.82) is 0 Å². The Morgan fingerprint density at radius 1 is 0.875 bits per heavy atom. The Kier molecular flexibility index (Phi) is 5.59. The van der Waals surface area contributed by atoms with Crippen LogP contribution in [-0.2, 0) is 0 Å². The Labute approximate surface area is 190 Å². The third kappa shape index (κ3) is 4.36. The summed E-state index contributed by atoms with van der Waals surface area (Å²) in [5.41, 5.74) is 10.1. The van der Waals surface area contributed by atoms with Crippen molar-refractivity contribution >= 4 is 22.7 Å². The molecule has 0 atom stereocenters. The topological polar surface area (TPSA) is 55.1 Å². The zero-order chi connectivity index (χ0) is 21.8. The zero-order valence-electron chi connectivity index (χ0n) is 17.5. The van der Waals surface area contributed by atoms with Gasteiger partial charge in [0.15, 0.2) is 0 Å². The average Bonchev–Trinajstić information content (AvgIpc) is 3.49. The van der Waals surface area contributed by atoms with E-state index in [-0.39, 0.29) is 0 Å². The molecule has 2 aromatic heterocycles. The van der Waals surface area contributed by atoms with Gasteiger partial charge in [0.25, 0.3) is 0 Å². The summed E-state index contributed by atoms with van der Waals surface area (Å²) in [6.45, 7) is 2.08. The van der Waals surface area contributed by atoms with E-state index in [1.54, 1.807) is 6.21 Å². The number of aromatic nitrogens is 3. The number of rotatable bonds is 6. The second-order valence-electron chi connectivity index (χ2n) is 7.35. The van der Waals surface area contributed by atoms with E-state index in [2.05, 4.69) is 46.7 Å². The molecular formula is C26H21N5S. The summed E-state index contributed by atoms with van der Waals surface area (Å²) in [6, 6.07) is 28.6. The molecule has 0 radical (unpaired) electrons. The maximum atomic E-state index is 4.83. The summed E-state index contributed by atoms with van der Waals surface area (Å²) in [5.74, 6) is 0. The SMILES string of the molecule is Cc1ccc(-c2nn(-c3ccccc3)cc2/C=N/Nc2nc(-c3ccccc3)cs2)cc1. The third-order valence-electron chi connectivity index (χ3n) is 5.03. The quantitative estimate of drug-likeness (QED) is 0.247. The van der Waals surface area contributed by atoms with Gasteiger partial charge in [-0.2, -0.15) is 10.2 Å². The third-order valence-corrected chi connectivity index (χ3v) is 5.77. The normalized spacial score (nSPS) is 11.2. The van der Waals surface area contributed by atoms with Crippen molar-refractivity contribution in [2.45, 2.75) is 6.92 Å². The van der Waals surface area contributed by atoms with Gasteiger partial charge in [-0.05, 0) is 19.1 Å². The predicted molar refractivity (Wildman–Crippen MR) is 133 cm³/mol. The number of hydrogen-bond acceptors (Lipinski definition) is 5. The van der Waals surface area contributed by atoms with Gasteiger partial charge in [-0.3, -0.25) is 5.43 Å². The van der Waals surface area contributed by atoms with Gasteiger partial charge in [0.05, 0.1) is 17.6 Å². The molecule has 156 valence electrons. The molecule has 5 nitrogen and oxygen atoms in total. The number of nitrogens with one attached hydrogen (secondary N) is 1. The molecule has 0 aliphatic heterocycles. The van der Waals surface area contributed by atoms with E-state index < -0.39 is 0 Å². The Hall–Kier alpha value is -4.03. The Balaban J connectivity index is 1.42. The largest absolute Gasteiger partial charge is 0.253 e. The molecular weight excluding hydrogens is 414 g/mol. The van der Waals surface area contributed by atoms with Crippen LogP contribution in [0, 0.1) is 6.92 Å². The lowest BCUT2D eigenvalue weighted by Crippen LogP contribution is -1.93. The molecule has 0 bridgehead atoms. The van der Waals surface area contributed by atoms with Gasteiger partial charge in [-0.25, -0.2) is 9.67 Å². The first-order valence-corrected chi connectivity index (χ1v) is 11.2. The fourth-order valence-corrected chi connectivity index (χ4v) is 4.02. The van der Waals surface area contributed by atoms with Gasteiger partial charge in [0, 0.05) is 28.3 Å². The average molecular weight is 436 g/mol. The lowest BCUT2D eigenvalue weighted by Gasteiger charge is -2.01. The minimum absolute atomic E-state index is 0.743. The molecule has 1 N–H and O–H groups in total. The van der Waals surface area contributed by atoms with Crippen LogP contribution in [0.5, 0.6) is 0 Å². The van der Waals surface area contributed by atoms with Gasteiger partial charge in [-0.15, -0.1) is 11.3 Å². The van der Waals surface area contributed by atoms with Crippen LogP contribution in [0.4, 0.5) is 5.13 Å². The number of benzene rings is 3. The molecule has 0 fully saturated rings. The summed E-state index contributed by atoms with van der Waals surface area (Å²) < 4.78 is 1.88. The summed E-state index contributed by atoms with van der Waals surface area (Å²) in [6.07, 6.45) is 3.79. The minimum atomic E-state index is 0.743. The molecule has 3 aromatic carbocycles. The summed E-state index contributed by atoms with van der Waals surface area (Å²) >= 11 is 1.53. The van der Waals surface area contributed by atoms with E-state index in [9.17, 15) is 0 Å². The van der Waals surface area contributed by atoms with Crippen LogP contribution in [0.1, 0.15) is 11.1 Å². The molecule has 0 unspecified atom stereocenters. The highest BCUT2D eigenvalue weighted by molar-refractivity contribution is 7.14.